The molecule has 1 atom stereocenters. The van der Waals surface area contributed by atoms with Crippen LogP contribution in [-0.2, 0) is 26.4 Å². The Kier molecular flexibility index (Phi) is 5.26. The molecular formula is C14H22N2O4S2. The normalized spacial score (nSPS) is 21.3. The molecule has 0 amide bonds. The number of sulfone groups is 1. The van der Waals surface area contributed by atoms with Gasteiger partial charge in [-0.15, -0.1) is 0 Å². The van der Waals surface area contributed by atoms with E-state index in [9.17, 15) is 16.8 Å². The van der Waals surface area contributed by atoms with Crippen molar-refractivity contribution in [3.63, 3.8) is 0 Å². The van der Waals surface area contributed by atoms with Crippen LogP contribution in [0.3, 0.4) is 0 Å². The Hall–Kier alpha value is -0.960. The lowest BCUT2D eigenvalue weighted by atomic mass is 10.1. The standard InChI is InChI=1S/C14H22N2O4S2/c1-3-16(13-8-9-21(17,18)11-13)10-12-4-6-14(7-5-12)22(19,20)15-2/h4-7,13,15H,3,8-11H2,1-2H3/t13-/m1/s1. The second-order valence-electron chi connectivity index (χ2n) is 5.47. The topological polar surface area (TPSA) is 83.6 Å². The summed E-state index contributed by atoms with van der Waals surface area (Å²) in [5, 5.41) is 0. The van der Waals surface area contributed by atoms with Gasteiger partial charge < -0.3 is 0 Å². The van der Waals surface area contributed by atoms with E-state index >= 15 is 0 Å². The zero-order valence-corrected chi connectivity index (χ0v) is 14.5. The van der Waals surface area contributed by atoms with Gasteiger partial charge in [-0.25, -0.2) is 21.6 Å². The lowest BCUT2D eigenvalue weighted by molar-refractivity contribution is 0.215. The first-order valence-corrected chi connectivity index (χ1v) is 10.5. The smallest absolute Gasteiger partial charge is 0.240 e. The first kappa shape index (κ1) is 17.4. The molecule has 0 bridgehead atoms. The van der Waals surface area contributed by atoms with Gasteiger partial charge in [0.25, 0.3) is 0 Å². The van der Waals surface area contributed by atoms with Crippen molar-refractivity contribution in [2.24, 2.45) is 0 Å². The average molecular weight is 346 g/mol. The van der Waals surface area contributed by atoms with Crippen molar-refractivity contribution in [1.82, 2.24) is 9.62 Å². The molecule has 0 aromatic heterocycles. The summed E-state index contributed by atoms with van der Waals surface area (Å²) in [6, 6.07) is 6.74. The van der Waals surface area contributed by atoms with Crippen LogP contribution in [-0.4, -0.2) is 52.9 Å². The summed E-state index contributed by atoms with van der Waals surface area (Å²) in [6.07, 6.45) is 0.669. The highest BCUT2D eigenvalue weighted by atomic mass is 32.2. The van der Waals surface area contributed by atoms with Crippen molar-refractivity contribution < 1.29 is 16.8 Å². The van der Waals surface area contributed by atoms with Gasteiger partial charge in [-0.2, -0.15) is 0 Å². The van der Waals surface area contributed by atoms with E-state index in [0.717, 1.165) is 12.1 Å². The van der Waals surface area contributed by atoms with Gasteiger partial charge >= 0.3 is 0 Å². The zero-order valence-electron chi connectivity index (χ0n) is 12.8. The van der Waals surface area contributed by atoms with Crippen molar-refractivity contribution in [3.05, 3.63) is 29.8 Å². The highest BCUT2D eigenvalue weighted by Crippen LogP contribution is 2.20. The summed E-state index contributed by atoms with van der Waals surface area (Å²) in [5.41, 5.74) is 0.973. The number of sulfonamides is 1. The van der Waals surface area contributed by atoms with Gasteiger partial charge in [0.2, 0.25) is 10.0 Å². The lowest BCUT2D eigenvalue weighted by Gasteiger charge is -2.26. The van der Waals surface area contributed by atoms with Crippen LogP contribution in [0.25, 0.3) is 0 Å². The van der Waals surface area contributed by atoms with Crippen molar-refractivity contribution >= 4 is 19.9 Å². The highest BCUT2D eigenvalue weighted by molar-refractivity contribution is 7.91. The van der Waals surface area contributed by atoms with E-state index in [0.29, 0.717) is 13.0 Å². The van der Waals surface area contributed by atoms with Gasteiger partial charge in [0, 0.05) is 12.6 Å². The summed E-state index contributed by atoms with van der Waals surface area (Å²) >= 11 is 0. The van der Waals surface area contributed by atoms with Crippen LogP contribution in [0, 0.1) is 0 Å². The maximum atomic E-state index is 11.7. The summed E-state index contributed by atoms with van der Waals surface area (Å²) in [6.45, 7) is 3.39. The summed E-state index contributed by atoms with van der Waals surface area (Å²) in [7, 11) is -4.95. The van der Waals surface area contributed by atoms with Crippen LogP contribution in [0.4, 0.5) is 0 Å². The van der Waals surface area contributed by atoms with Crippen LogP contribution in [0.2, 0.25) is 0 Å². The summed E-state index contributed by atoms with van der Waals surface area (Å²) in [4.78, 5) is 2.36. The quantitative estimate of drug-likeness (QED) is 0.816. The molecule has 1 fully saturated rings. The maximum absolute atomic E-state index is 11.7. The van der Waals surface area contributed by atoms with Crippen molar-refractivity contribution in [1.29, 1.82) is 0 Å². The van der Waals surface area contributed by atoms with Crippen molar-refractivity contribution in [3.8, 4) is 0 Å². The molecular weight excluding hydrogens is 324 g/mol. The van der Waals surface area contributed by atoms with E-state index in [1.54, 1.807) is 24.3 Å². The maximum Gasteiger partial charge on any atom is 0.240 e. The fourth-order valence-corrected chi connectivity index (χ4v) is 5.18. The number of benzene rings is 1. The predicted molar refractivity (Wildman–Crippen MR) is 85.8 cm³/mol. The zero-order chi connectivity index (χ0) is 16.4. The van der Waals surface area contributed by atoms with Gasteiger partial charge in [-0.1, -0.05) is 19.1 Å². The third kappa shape index (κ3) is 4.07. The molecule has 1 heterocycles. The molecule has 0 aliphatic carbocycles. The fourth-order valence-electron chi connectivity index (χ4n) is 2.69. The van der Waals surface area contributed by atoms with Crippen LogP contribution in [0.5, 0.6) is 0 Å². The number of hydrogen-bond donors (Lipinski definition) is 1. The highest BCUT2D eigenvalue weighted by Gasteiger charge is 2.31. The Bertz CT molecular complexity index is 712. The van der Waals surface area contributed by atoms with Crippen LogP contribution in [0.1, 0.15) is 18.9 Å². The minimum absolute atomic E-state index is 0.0516. The first-order valence-electron chi connectivity index (χ1n) is 7.24. The molecule has 8 heteroatoms. The fraction of sp³-hybridized carbons (Fsp3) is 0.571. The van der Waals surface area contributed by atoms with Crippen molar-refractivity contribution in [2.75, 3.05) is 25.1 Å². The molecule has 124 valence electrons. The summed E-state index contributed by atoms with van der Waals surface area (Å²) < 4.78 is 48.8. The molecule has 1 aromatic rings. The molecule has 2 rings (SSSR count). The monoisotopic (exact) mass is 346 g/mol. The second-order valence-corrected chi connectivity index (χ2v) is 9.59. The Morgan fingerprint density at radius 2 is 1.91 bits per heavy atom. The minimum atomic E-state index is -3.42. The largest absolute Gasteiger partial charge is 0.295 e. The number of rotatable bonds is 6. The predicted octanol–water partition coefficient (Wildman–Crippen LogP) is 0.604. The van der Waals surface area contributed by atoms with E-state index in [-0.39, 0.29) is 22.4 Å². The molecule has 6 nitrogen and oxygen atoms in total. The molecule has 1 aromatic carbocycles. The average Bonchev–Trinajstić information content (AvgIpc) is 2.85. The molecule has 0 unspecified atom stereocenters. The van der Waals surface area contributed by atoms with Crippen LogP contribution in [0.15, 0.2) is 29.2 Å². The minimum Gasteiger partial charge on any atom is -0.295 e. The Morgan fingerprint density at radius 1 is 1.27 bits per heavy atom. The number of nitrogens with one attached hydrogen (secondary N) is 1. The lowest BCUT2D eigenvalue weighted by Crippen LogP contribution is -2.35. The molecule has 22 heavy (non-hydrogen) atoms. The molecule has 1 aliphatic heterocycles. The number of nitrogens with zero attached hydrogens (tertiary/aromatic N) is 1. The van der Waals surface area contributed by atoms with E-state index in [1.807, 2.05) is 6.92 Å². The van der Waals surface area contributed by atoms with Gasteiger partial charge in [0.05, 0.1) is 16.4 Å². The SMILES string of the molecule is CCN(Cc1ccc(S(=O)(=O)NC)cc1)[C@@H]1CCS(=O)(=O)C1. The summed E-state index contributed by atoms with van der Waals surface area (Å²) in [5.74, 6) is 0.473. The van der Waals surface area contributed by atoms with Gasteiger partial charge in [0.15, 0.2) is 9.84 Å². The molecule has 0 spiro atoms. The first-order chi connectivity index (χ1) is 10.3. The van der Waals surface area contributed by atoms with E-state index in [2.05, 4.69) is 9.62 Å². The second kappa shape index (κ2) is 6.66. The van der Waals surface area contributed by atoms with Crippen molar-refractivity contribution in [2.45, 2.75) is 30.8 Å². The van der Waals surface area contributed by atoms with E-state index in [4.69, 9.17) is 0 Å². The Labute approximate surface area is 132 Å². The van der Waals surface area contributed by atoms with Crippen LogP contribution >= 0.6 is 0 Å². The number of hydrogen-bond acceptors (Lipinski definition) is 5. The Balaban J connectivity index is 2.09. The van der Waals surface area contributed by atoms with E-state index in [1.165, 1.54) is 7.05 Å². The van der Waals surface area contributed by atoms with Gasteiger partial charge in [0.1, 0.15) is 0 Å². The molecule has 1 aliphatic rings. The Morgan fingerprint density at radius 3 is 2.36 bits per heavy atom. The molecule has 0 saturated carbocycles. The van der Waals surface area contributed by atoms with Crippen LogP contribution < -0.4 is 4.72 Å². The third-order valence-corrected chi connectivity index (χ3v) is 7.20. The van der Waals surface area contributed by atoms with Gasteiger partial charge in [-0.05, 0) is 37.7 Å². The van der Waals surface area contributed by atoms with Gasteiger partial charge in [-0.3, -0.25) is 4.90 Å². The third-order valence-electron chi connectivity index (χ3n) is 4.02. The molecule has 0 radical (unpaired) electrons. The molecule has 1 N–H and O–H groups in total. The molecule has 1 saturated heterocycles. The van der Waals surface area contributed by atoms with E-state index < -0.39 is 19.9 Å².